The largest absolute Gasteiger partial charge is 0.354 e. The van der Waals surface area contributed by atoms with Crippen molar-refractivity contribution < 1.29 is 4.79 Å². The maximum absolute atomic E-state index is 12.3. The van der Waals surface area contributed by atoms with Gasteiger partial charge in [0.2, 0.25) is 5.91 Å². The monoisotopic (exact) mass is 415 g/mol. The van der Waals surface area contributed by atoms with Crippen LogP contribution in [0.4, 0.5) is 0 Å². The zero-order valence-electron chi connectivity index (χ0n) is 19.0. The van der Waals surface area contributed by atoms with Crippen LogP contribution in [0.3, 0.4) is 0 Å². The van der Waals surface area contributed by atoms with Gasteiger partial charge in [0.25, 0.3) is 0 Å². The average Bonchev–Trinajstić information content (AvgIpc) is 3.23. The standard InChI is InChI=1S/C24H41N5O/c1-18(2)26-24(30)20-8-14-29(15-9-20)22-10-12-28(13-11-22)17-21-16-25-27-23(21)19-6-4-3-5-7-19/h16,18-20,22H,3-15,17H2,1-2H3,(H,25,27)(H,26,30). The maximum Gasteiger partial charge on any atom is 0.223 e. The van der Waals surface area contributed by atoms with Crippen LogP contribution in [-0.2, 0) is 11.3 Å². The van der Waals surface area contributed by atoms with Gasteiger partial charge in [0, 0.05) is 41.7 Å². The van der Waals surface area contributed by atoms with Crippen molar-refractivity contribution >= 4 is 5.91 Å². The highest BCUT2D eigenvalue weighted by Gasteiger charge is 2.31. The van der Waals surface area contributed by atoms with Crippen molar-refractivity contribution in [1.29, 1.82) is 0 Å². The predicted octanol–water partition coefficient (Wildman–Crippen LogP) is 3.66. The van der Waals surface area contributed by atoms with Gasteiger partial charge in [-0.2, -0.15) is 5.10 Å². The summed E-state index contributed by atoms with van der Waals surface area (Å²) in [6.45, 7) is 9.64. The van der Waals surface area contributed by atoms with E-state index in [1.54, 1.807) is 0 Å². The molecule has 0 aromatic carbocycles. The van der Waals surface area contributed by atoms with Crippen molar-refractivity contribution in [1.82, 2.24) is 25.3 Å². The van der Waals surface area contributed by atoms with Crippen LogP contribution in [0.2, 0.25) is 0 Å². The molecule has 0 unspecified atom stereocenters. The minimum atomic E-state index is 0.211. The third-order valence-electron chi connectivity index (χ3n) is 7.56. The summed E-state index contributed by atoms with van der Waals surface area (Å²) < 4.78 is 0. The SMILES string of the molecule is CC(C)NC(=O)C1CCN(C2CCN(Cc3cn[nH]c3C3CCCCC3)CC2)CC1. The Morgan fingerprint density at radius 2 is 1.77 bits per heavy atom. The summed E-state index contributed by atoms with van der Waals surface area (Å²) in [6, 6.07) is 0.936. The quantitative estimate of drug-likeness (QED) is 0.744. The van der Waals surface area contributed by atoms with Crippen LogP contribution in [-0.4, -0.2) is 64.2 Å². The summed E-state index contributed by atoms with van der Waals surface area (Å²) in [5, 5.41) is 10.8. The Balaban J connectivity index is 1.22. The van der Waals surface area contributed by atoms with Crippen molar-refractivity contribution in [2.75, 3.05) is 26.2 Å². The molecule has 0 bridgehead atoms. The van der Waals surface area contributed by atoms with E-state index in [9.17, 15) is 4.79 Å². The van der Waals surface area contributed by atoms with E-state index in [1.165, 1.54) is 69.3 Å². The lowest BCUT2D eigenvalue weighted by molar-refractivity contribution is -0.127. The van der Waals surface area contributed by atoms with Crippen LogP contribution in [0.15, 0.2) is 6.20 Å². The van der Waals surface area contributed by atoms with Gasteiger partial charge in [-0.05, 0) is 78.6 Å². The van der Waals surface area contributed by atoms with Crippen molar-refractivity contribution in [3.05, 3.63) is 17.5 Å². The molecule has 3 heterocycles. The number of nitrogens with one attached hydrogen (secondary N) is 2. The summed E-state index contributed by atoms with van der Waals surface area (Å²) in [4.78, 5) is 17.6. The Labute approximate surface area is 182 Å². The Kier molecular flexibility index (Phi) is 7.47. The Morgan fingerprint density at radius 1 is 1.07 bits per heavy atom. The highest BCUT2D eigenvalue weighted by atomic mass is 16.1. The molecule has 1 aliphatic carbocycles. The van der Waals surface area contributed by atoms with Crippen LogP contribution in [0, 0.1) is 5.92 Å². The molecule has 0 radical (unpaired) electrons. The number of H-pyrrole nitrogens is 1. The van der Waals surface area contributed by atoms with Crippen LogP contribution in [0.25, 0.3) is 0 Å². The third kappa shape index (κ3) is 5.44. The Morgan fingerprint density at radius 3 is 2.43 bits per heavy atom. The highest BCUT2D eigenvalue weighted by molar-refractivity contribution is 5.78. The molecule has 4 rings (SSSR count). The fraction of sp³-hybridized carbons (Fsp3) is 0.833. The highest BCUT2D eigenvalue weighted by Crippen LogP contribution is 2.34. The average molecular weight is 416 g/mol. The molecule has 168 valence electrons. The van der Waals surface area contributed by atoms with E-state index in [0.29, 0.717) is 12.0 Å². The molecule has 6 nitrogen and oxygen atoms in total. The molecule has 6 heteroatoms. The minimum absolute atomic E-state index is 0.211. The maximum atomic E-state index is 12.3. The number of piperidine rings is 2. The van der Waals surface area contributed by atoms with Crippen molar-refractivity contribution in [3.63, 3.8) is 0 Å². The number of nitrogens with zero attached hydrogens (tertiary/aromatic N) is 3. The molecule has 3 fully saturated rings. The number of aromatic nitrogens is 2. The number of carbonyl (C=O) groups is 1. The van der Waals surface area contributed by atoms with Gasteiger partial charge in [0.1, 0.15) is 0 Å². The molecule has 2 N–H and O–H groups in total. The van der Waals surface area contributed by atoms with Crippen LogP contribution in [0.1, 0.15) is 88.8 Å². The van der Waals surface area contributed by atoms with Crippen molar-refractivity contribution in [3.8, 4) is 0 Å². The first kappa shape index (κ1) is 21.8. The second-order valence-electron chi connectivity index (χ2n) is 10.1. The first-order valence-electron chi connectivity index (χ1n) is 12.4. The van der Waals surface area contributed by atoms with Gasteiger partial charge in [0.15, 0.2) is 0 Å². The molecule has 2 saturated heterocycles. The van der Waals surface area contributed by atoms with E-state index < -0.39 is 0 Å². The van der Waals surface area contributed by atoms with Gasteiger partial charge in [-0.15, -0.1) is 0 Å². The van der Waals surface area contributed by atoms with E-state index in [2.05, 4.69) is 31.5 Å². The number of rotatable bonds is 6. The molecule has 1 saturated carbocycles. The van der Waals surface area contributed by atoms with Gasteiger partial charge < -0.3 is 10.2 Å². The normalized spacial score (nSPS) is 23.8. The van der Waals surface area contributed by atoms with E-state index in [0.717, 1.165) is 32.5 Å². The molecule has 0 atom stereocenters. The fourth-order valence-electron chi connectivity index (χ4n) is 5.80. The molecule has 1 aromatic heterocycles. The minimum Gasteiger partial charge on any atom is -0.354 e. The smallest absolute Gasteiger partial charge is 0.223 e. The Hall–Kier alpha value is -1.40. The Bertz CT molecular complexity index is 665. The van der Waals surface area contributed by atoms with E-state index in [4.69, 9.17) is 0 Å². The van der Waals surface area contributed by atoms with Gasteiger partial charge in [-0.25, -0.2) is 0 Å². The summed E-state index contributed by atoms with van der Waals surface area (Å²) in [5.74, 6) is 1.17. The second kappa shape index (κ2) is 10.3. The molecular weight excluding hydrogens is 374 g/mol. The second-order valence-corrected chi connectivity index (χ2v) is 10.1. The van der Waals surface area contributed by atoms with Crippen molar-refractivity contribution in [2.45, 2.75) is 96.2 Å². The number of hydrogen-bond donors (Lipinski definition) is 2. The first-order valence-corrected chi connectivity index (χ1v) is 12.4. The van der Waals surface area contributed by atoms with E-state index in [-0.39, 0.29) is 17.9 Å². The lowest BCUT2D eigenvalue weighted by atomic mass is 9.85. The van der Waals surface area contributed by atoms with Crippen LogP contribution < -0.4 is 5.32 Å². The van der Waals surface area contributed by atoms with Gasteiger partial charge in [-0.1, -0.05) is 19.3 Å². The number of carbonyl (C=O) groups excluding carboxylic acids is 1. The summed E-state index contributed by atoms with van der Waals surface area (Å²) in [5.41, 5.74) is 2.84. The van der Waals surface area contributed by atoms with Crippen molar-refractivity contribution in [2.24, 2.45) is 5.92 Å². The number of hydrogen-bond acceptors (Lipinski definition) is 4. The van der Waals surface area contributed by atoms with E-state index >= 15 is 0 Å². The zero-order chi connectivity index (χ0) is 20.9. The number of likely N-dealkylation sites (tertiary alicyclic amines) is 2. The summed E-state index contributed by atoms with van der Waals surface area (Å²) >= 11 is 0. The van der Waals surface area contributed by atoms with Gasteiger partial charge in [0.05, 0.1) is 6.20 Å². The molecule has 30 heavy (non-hydrogen) atoms. The van der Waals surface area contributed by atoms with Crippen LogP contribution in [0.5, 0.6) is 0 Å². The molecule has 1 aromatic rings. The van der Waals surface area contributed by atoms with Crippen LogP contribution >= 0.6 is 0 Å². The molecule has 3 aliphatic rings. The van der Waals surface area contributed by atoms with Gasteiger partial charge >= 0.3 is 0 Å². The fourth-order valence-corrected chi connectivity index (χ4v) is 5.80. The predicted molar refractivity (Wildman–Crippen MR) is 120 cm³/mol. The molecule has 2 aliphatic heterocycles. The topological polar surface area (TPSA) is 64.3 Å². The third-order valence-corrected chi connectivity index (χ3v) is 7.56. The zero-order valence-corrected chi connectivity index (χ0v) is 19.0. The number of amides is 1. The van der Waals surface area contributed by atoms with E-state index in [1.807, 2.05) is 13.8 Å². The van der Waals surface area contributed by atoms with Gasteiger partial charge in [-0.3, -0.25) is 14.8 Å². The summed E-state index contributed by atoms with van der Waals surface area (Å²) in [6.07, 6.45) is 13.4. The lowest BCUT2D eigenvalue weighted by Gasteiger charge is -2.41. The molecule has 0 spiro atoms. The first-order chi connectivity index (χ1) is 14.6. The molecule has 1 amide bonds. The number of aromatic amines is 1. The lowest BCUT2D eigenvalue weighted by Crippen LogP contribution is -2.49. The summed E-state index contributed by atoms with van der Waals surface area (Å²) in [7, 11) is 0. The molecular formula is C24H41N5O.